The number of hydrogen-bond donors (Lipinski definition) is 0. The highest BCUT2D eigenvalue weighted by Gasteiger charge is 2.64. The lowest BCUT2D eigenvalue weighted by molar-refractivity contribution is -0.303. The molecule has 0 aromatic heterocycles. The Bertz CT molecular complexity index is 512. The average molecular weight is 453 g/mol. The Morgan fingerprint density at radius 3 is 1.45 bits per heavy atom. The molecule has 0 bridgehead atoms. The highest BCUT2D eigenvalue weighted by Crippen LogP contribution is 2.43. The van der Waals surface area contributed by atoms with Crippen LogP contribution in [0.2, 0.25) is 0 Å². The summed E-state index contributed by atoms with van der Waals surface area (Å²) in [4.78, 5) is 0.476. The smallest absolute Gasteiger partial charge is 0.363 e. The van der Waals surface area contributed by atoms with Crippen LogP contribution in [0.25, 0.3) is 0 Å². The van der Waals surface area contributed by atoms with Crippen molar-refractivity contribution >= 4 is 0 Å². The van der Waals surface area contributed by atoms with Gasteiger partial charge in [-0.15, -0.1) is 0 Å². The van der Waals surface area contributed by atoms with Gasteiger partial charge in [-0.2, -0.15) is 26.3 Å². The molecule has 174 valence electrons. The van der Waals surface area contributed by atoms with Crippen LogP contribution in [0.5, 0.6) is 0 Å². The number of halogens is 11. The molecule has 0 N–H and O–H groups in total. The van der Waals surface area contributed by atoms with Gasteiger partial charge in [-0.05, 0) is 39.8 Å². The number of alkyl halides is 11. The van der Waals surface area contributed by atoms with Gasteiger partial charge in [0.25, 0.3) is 12.1 Å². The van der Waals surface area contributed by atoms with E-state index in [1.807, 2.05) is 0 Å². The van der Waals surface area contributed by atoms with Gasteiger partial charge in [0.15, 0.2) is 6.04 Å². The normalized spacial score (nSPS) is 22.7. The topological polar surface area (TPSA) is 12.5 Å². The van der Waals surface area contributed by atoms with Gasteiger partial charge in [-0.3, -0.25) is 4.90 Å². The van der Waals surface area contributed by atoms with Crippen LogP contribution in [0.3, 0.4) is 0 Å². The van der Waals surface area contributed by atoms with Crippen LogP contribution in [-0.4, -0.2) is 66.6 Å². The maximum atomic E-state index is 14.6. The molecule has 0 aromatic carbocycles. The lowest BCUT2D eigenvalue weighted by Gasteiger charge is -2.40. The fourth-order valence-corrected chi connectivity index (χ4v) is 3.16. The zero-order valence-electron chi connectivity index (χ0n) is 15.6. The van der Waals surface area contributed by atoms with Gasteiger partial charge in [0.2, 0.25) is 0 Å². The molecule has 3 unspecified atom stereocenters. The Morgan fingerprint density at radius 2 is 1.07 bits per heavy atom. The maximum Gasteiger partial charge on any atom is 0.425 e. The van der Waals surface area contributed by atoms with Crippen molar-refractivity contribution in [2.45, 2.75) is 88.1 Å². The average Bonchev–Trinajstić information content (AvgIpc) is 2.80. The fourth-order valence-electron chi connectivity index (χ4n) is 3.16. The van der Waals surface area contributed by atoms with E-state index in [0.29, 0.717) is 24.7 Å². The second kappa shape index (κ2) is 9.11. The van der Waals surface area contributed by atoms with E-state index in [1.165, 1.54) is 0 Å². The minimum atomic E-state index is -6.01. The highest BCUT2D eigenvalue weighted by molar-refractivity contribution is 4.97. The molecule has 1 saturated heterocycles. The molecule has 1 fully saturated rings. The van der Waals surface area contributed by atoms with Gasteiger partial charge in [-0.25, -0.2) is 22.0 Å². The van der Waals surface area contributed by atoms with E-state index in [2.05, 4.69) is 4.74 Å². The summed E-state index contributed by atoms with van der Waals surface area (Å²) in [5, 5.41) is 0. The summed E-state index contributed by atoms with van der Waals surface area (Å²) in [6, 6.07) is -3.38. The second-order valence-electron chi connectivity index (χ2n) is 7.07. The van der Waals surface area contributed by atoms with E-state index in [-0.39, 0.29) is 32.9 Å². The van der Waals surface area contributed by atoms with Crippen LogP contribution in [0.4, 0.5) is 48.3 Å². The molecule has 1 aliphatic rings. The van der Waals surface area contributed by atoms with Gasteiger partial charge >= 0.3 is 18.3 Å². The Hall–Kier alpha value is -0.850. The summed E-state index contributed by atoms with van der Waals surface area (Å²) in [7, 11) is 0. The summed E-state index contributed by atoms with van der Waals surface area (Å²) in [5.41, 5.74) is 0. The van der Waals surface area contributed by atoms with Crippen molar-refractivity contribution < 1.29 is 53.0 Å². The van der Waals surface area contributed by atoms with Crippen LogP contribution < -0.4 is 0 Å². The van der Waals surface area contributed by atoms with Gasteiger partial charge in [0.1, 0.15) is 12.2 Å². The zero-order chi connectivity index (χ0) is 22.8. The first kappa shape index (κ1) is 26.2. The molecule has 2 nitrogen and oxygen atoms in total. The number of ether oxygens (including phenoxy) is 1. The highest BCUT2D eigenvalue weighted by atomic mass is 19.4. The number of nitrogens with zero attached hydrogens (tertiary/aromatic N) is 1. The minimum absolute atomic E-state index is 0.194. The summed E-state index contributed by atoms with van der Waals surface area (Å²) in [6.45, 7) is -0.110. The fraction of sp³-hybridized carbons (Fsp3) is 1.00. The third kappa shape index (κ3) is 6.31. The first-order valence-electron chi connectivity index (χ1n) is 8.86. The lowest BCUT2D eigenvalue weighted by atomic mass is 10.0. The minimum Gasteiger partial charge on any atom is -0.363 e. The van der Waals surface area contributed by atoms with Crippen molar-refractivity contribution in [3.05, 3.63) is 0 Å². The van der Waals surface area contributed by atoms with Crippen LogP contribution in [-0.2, 0) is 4.74 Å². The molecule has 1 rings (SSSR count). The predicted octanol–water partition coefficient (Wildman–Crippen LogP) is 5.76. The van der Waals surface area contributed by atoms with Gasteiger partial charge in [0, 0.05) is 0 Å². The third-order valence-corrected chi connectivity index (χ3v) is 4.80. The standard InChI is InChI=1S/C16H22F11NO/c1-9(13(18,19)11(17)15(22,23)24)29-10(2)14(20,21)12(16(25,26)27)28-7-5-3-4-6-8-28/h9-12H,3-8H2,1-2H3/t9?,10?,11-,12?/m1/s1. The molecule has 13 heteroatoms. The van der Waals surface area contributed by atoms with Crippen LogP contribution in [0, 0.1) is 0 Å². The zero-order valence-corrected chi connectivity index (χ0v) is 15.6. The lowest BCUT2D eigenvalue weighted by Crippen LogP contribution is -2.62. The number of rotatable bonds is 7. The Morgan fingerprint density at radius 1 is 0.655 bits per heavy atom. The monoisotopic (exact) mass is 453 g/mol. The van der Waals surface area contributed by atoms with E-state index >= 15 is 0 Å². The molecule has 0 aliphatic carbocycles. The van der Waals surface area contributed by atoms with Crippen LogP contribution >= 0.6 is 0 Å². The van der Waals surface area contributed by atoms with Crippen LogP contribution in [0.15, 0.2) is 0 Å². The Labute approximate surface area is 160 Å². The summed E-state index contributed by atoms with van der Waals surface area (Å²) in [5.74, 6) is -10.1. The second-order valence-corrected chi connectivity index (χ2v) is 7.07. The van der Waals surface area contributed by atoms with Crippen molar-refractivity contribution in [2.24, 2.45) is 0 Å². The molecular weight excluding hydrogens is 431 g/mol. The molecule has 0 radical (unpaired) electrons. The molecule has 0 amide bonds. The Balaban J connectivity index is 3.07. The molecule has 1 aliphatic heterocycles. The Kier molecular flexibility index (Phi) is 8.22. The van der Waals surface area contributed by atoms with Gasteiger partial charge < -0.3 is 4.74 Å². The largest absolute Gasteiger partial charge is 0.425 e. The van der Waals surface area contributed by atoms with E-state index in [0.717, 1.165) is 0 Å². The SMILES string of the molecule is CC(OC(C)C(F)(F)[C@@H](F)C(F)(F)F)C(F)(F)C(N1CCCCCC1)C(F)(F)F. The van der Waals surface area contributed by atoms with Gasteiger partial charge in [-0.1, -0.05) is 12.8 Å². The molecule has 29 heavy (non-hydrogen) atoms. The third-order valence-electron chi connectivity index (χ3n) is 4.80. The molecule has 1 heterocycles. The van der Waals surface area contributed by atoms with Crippen LogP contribution in [0.1, 0.15) is 39.5 Å². The van der Waals surface area contributed by atoms with Gasteiger partial charge in [0.05, 0.1) is 0 Å². The van der Waals surface area contributed by atoms with E-state index in [1.54, 1.807) is 0 Å². The molecule has 0 saturated carbocycles. The summed E-state index contributed by atoms with van der Waals surface area (Å²) >= 11 is 0. The van der Waals surface area contributed by atoms with E-state index < -0.39 is 48.6 Å². The van der Waals surface area contributed by atoms with Crippen molar-refractivity contribution in [1.82, 2.24) is 4.90 Å². The summed E-state index contributed by atoms with van der Waals surface area (Å²) < 4.78 is 151. The molecule has 0 spiro atoms. The number of likely N-dealkylation sites (tertiary alicyclic amines) is 1. The first-order chi connectivity index (χ1) is 12.9. The van der Waals surface area contributed by atoms with Crippen molar-refractivity contribution in [3.63, 3.8) is 0 Å². The first-order valence-corrected chi connectivity index (χ1v) is 8.86. The van der Waals surface area contributed by atoms with Crippen molar-refractivity contribution in [2.75, 3.05) is 13.1 Å². The van der Waals surface area contributed by atoms with E-state index in [9.17, 15) is 48.3 Å². The quantitative estimate of drug-likeness (QED) is 0.455. The van der Waals surface area contributed by atoms with E-state index in [4.69, 9.17) is 0 Å². The van der Waals surface area contributed by atoms with Crippen molar-refractivity contribution in [3.8, 4) is 0 Å². The molecule has 0 aromatic rings. The number of hydrogen-bond acceptors (Lipinski definition) is 2. The molecule has 4 atom stereocenters. The predicted molar refractivity (Wildman–Crippen MR) is 80.7 cm³/mol. The van der Waals surface area contributed by atoms with Crippen molar-refractivity contribution in [1.29, 1.82) is 0 Å². The maximum absolute atomic E-state index is 14.6. The molecular formula is C16H22F11NO. The summed E-state index contributed by atoms with van der Waals surface area (Å²) in [6.07, 6.45) is -20.6.